The summed E-state index contributed by atoms with van der Waals surface area (Å²) in [5.41, 5.74) is 1.95. The second-order valence-electron chi connectivity index (χ2n) is 4.42. The minimum absolute atomic E-state index is 0.262. The molecule has 0 fully saturated rings. The molecule has 0 saturated heterocycles. The van der Waals surface area contributed by atoms with Gasteiger partial charge in [-0.25, -0.2) is 4.98 Å². The van der Waals surface area contributed by atoms with Gasteiger partial charge in [0.25, 0.3) is 0 Å². The number of fused-ring (bicyclic) bond motifs is 1. The first-order chi connectivity index (χ1) is 8.13. The molecule has 17 heavy (non-hydrogen) atoms. The van der Waals surface area contributed by atoms with Gasteiger partial charge in [-0.05, 0) is 30.5 Å². The molecular formula is C14H18N2O. The zero-order valence-electron chi connectivity index (χ0n) is 10.5. The number of allylic oxidation sites excluding steroid dienone is 1. The minimum Gasteiger partial charge on any atom is -0.504 e. The highest BCUT2D eigenvalue weighted by atomic mass is 16.3. The van der Waals surface area contributed by atoms with Crippen molar-refractivity contribution in [2.75, 3.05) is 0 Å². The molecular weight excluding hydrogens is 212 g/mol. The summed E-state index contributed by atoms with van der Waals surface area (Å²) in [4.78, 5) is 4.44. The van der Waals surface area contributed by atoms with Gasteiger partial charge >= 0.3 is 0 Å². The van der Waals surface area contributed by atoms with Crippen LogP contribution in [-0.4, -0.2) is 14.7 Å². The van der Waals surface area contributed by atoms with E-state index < -0.39 is 0 Å². The summed E-state index contributed by atoms with van der Waals surface area (Å²) in [5, 5.41) is 10.1. The van der Waals surface area contributed by atoms with Crippen molar-refractivity contribution in [2.24, 2.45) is 13.0 Å². The van der Waals surface area contributed by atoms with Crippen LogP contribution >= 0.6 is 0 Å². The molecule has 90 valence electrons. The normalized spacial score (nSPS) is 14.2. The van der Waals surface area contributed by atoms with E-state index in [4.69, 9.17) is 0 Å². The second-order valence-corrected chi connectivity index (χ2v) is 4.42. The van der Waals surface area contributed by atoms with E-state index in [2.05, 4.69) is 18.8 Å². The molecule has 0 amide bonds. The average molecular weight is 230 g/mol. The zero-order chi connectivity index (χ0) is 12.4. The number of aliphatic hydroxyl groups excluding tert-OH is 1. The smallest absolute Gasteiger partial charge is 0.175 e. The van der Waals surface area contributed by atoms with Crippen molar-refractivity contribution in [3.63, 3.8) is 0 Å². The van der Waals surface area contributed by atoms with Gasteiger partial charge < -0.3 is 9.67 Å². The van der Waals surface area contributed by atoms with Crippen LogP contribution in [-0.2, 0) is 7.05 Å². The van der Waals surface area contributed by atoms with Gasteiger partial charge in [0.05, 0.1) is 11.0 Å². The maximum absolute atomic E-state index is 10.1. The Morgan fingerprint density at radius 2 is 2.18 bits per heavy atom. The Balaban J connectivity index is 2.49. The Morgan fingerprint density at radius 1 is 1.47 bits per heavy atom. The van der Waals surface area contributed by atoms with Crippen molar-refractivity contribution < 1.29 is 5.11 Å². The van der Waals surface area contributed by atoms with Gasteiger partial charge in [-0.15, -0.1) is 0 Å². The molecule has 2 rings (SSSR count). The van der Waals surface area contributed by atoms with E-state index in [1.54, 1.807) is 0 Å². The second kappa shape index (κ2) is 4.62. The van der Waals surface area contributed by atoms with Gasteiger partial charge in [0, 0.05) is 7.05 Å². The average Bonchev–Trinajstić information content (AvgIpc) is 2.67. The number of aliphatic hydroxyl groups is 1. The lowest BCUT2D eigenvalue weighted by molar-refractivity contribution is 0.492. The summed E-state index contributed by atoms with van der Waals surface area (Å²) in [6, 6.07) is 7.88. The van der Waals surface area contributed by atoms with E-state index >= 15 is 0 Å². The summed E-state index contributed by atoms with van der Waals surface area (Å²) >= 11 is 0. The molecule has 0 aliphatic heterocycles. The summed E-state index contributed by atoms with van der Waals surface area (Å²) in [6.45, 7) is 4.18. The molecule has 0 bridgehead atoms. The SMILES string of the molecule is CC[C@@H](C)/C=C(\O)c1nc2ccccc2n1C. The lowest BCUT2D eigenvalue weighted by Crippen LogP contribution is -1.98. The van der Waals surface area contributed by atoms with E-state index in [1.807, 2.05) is 42.0 Å². The Hall–Kier alpha value is -1.77. The molecule has 1 aromatic carbocycles. The van der Waals surface area contributed by atoms with Crippen LogP contribution in [0, 0.1) is 5.92 Å². The number of rotatable bonds is 3. The van der Waals surface area contributed by atoms with Crippen LogP contribution in [0.15, 0.2) is 30.3 Å². The molecule has 0 aliphatic carbocycles. The summed E-state index contributed by atoms with van der Waals surface area (Å²) in [5.74, 6) is 1.25. The highest BCUT2D eigenvalue weighted by Gasteiger charge is 2.11. The fourth-order valence-electron chi connectivity index (χ4n) is 1.84. The first kappa shape index (κ1) is 11.7. The largest absolute Gasteiger partial charge is 0.504 e. The third-order valence-electron chi connectivity index (χ3n) is 3.10. The standard InChI is InChI=1S/C14H18N2O/c1-4-10(2)9-13(17)14-15-11-7-5-6-8-12(11)16(14)3/h5-10,17H,4H2,1-3H3/b13-9-/t10-/m1/s1. The number of benzene rings is 1. The molecule has 2 aromatic rings. The number of hydrogen-bond donors (Lipinski definition) is 1. The van der Waals surface area contributed by atoms with Crippen LogP contribution in [0.3, 0.4) is 0 Å². The highest BCUT2D eigenvalue weighted by Crippen LogP contribution is 2.20. The van der Waals surface area contributed by atoms with Crippen LogP contribution in [0.5, 0.6) is 0 Å². The van der Waals surface area contributed by atoms with E-state index in [0.29, 0.717) is 11.7 Å². The van der Waals surface area contributed by atoms with Crippen molar-refractivity contribution in [2.45, 2.75) is 20.3 Å². The van der Waals surface area contributed by atoms with Gasteiger partial charge in [0.15, 0.2) is 11.6 Å². The molecule has 0 saturated carbocycles. The van der Waals surface area contributed by atoms with Crippen molar-refractivity contribution >= 4 is 16.8 Å². The molecule has 3 nitrogen and oxygen atoms in total. The Labute approximate surface area is 101 Å². The number of hydrogen-bond acceptors (Lipinski definition) is 2. The van der Waals surface area contributed by atoms with Gasteiger partial charge in [-0.2, -0.15) is 0 Å². The molecule has 1 heterocycles. The molecule has 1 atom stereocenters. The summed E-state index contributed by atoms with van der Waals surface area (Å²) in [6.07, 6.45) is 2.87. The van der Waals surface area contributed by atoms with Crippen molar-refractivity contribution in [3.8, 4) is 0 Å². The van der Waals surface area contributed by atoms with Crippen LogP contribution in [0.4, 0.5) is 0 Å². The number of aryl methyl sites for hydroxylation is 1. The third-order valence-corrected chi connectivity index (χ3v) is 3.10. The predicted molar refractivity (Wildman–Crippen MR) is 70.8 cm³/mol. The maximum atomic E-state index is 10.1. The molecule has 0 spiro atoms. The fraction of sp³-hybridized carbons (Fsp3) is 0.357. The topological polar surface area (TPSA) is 38.1 Å². The quantitative estimate of drug-likeness (QED) is 0.819. The molecule has 0 unspecified atom stereocenters. The molecule has 3 heteroatoms. The number of aromatic nitrogens is 2. The van der Waals surface area contributed by atoms with Crippen LogP contribution in [0.25, 0.3) is 16.8 Å². The monoisotopic (exact) mass is 230 g/mol. The van der Waals surface area contributed by atoms with Gasteiger partial charge in [0.1, 0.15) is 0 Å². The fourth-order valence-corrected chi connectivity index (χ4v) is 1.84. The Morgan fingerprint density at radius 3 is 2.82 bits per heavy atom. The molecule has 0 radical (unpaired) electrons. The first-order valence-corrected chi connectivity index (χ1v) is 5.96. The molecule has 0 aliphatic rings. The summed E-state index contributed by atoms with van der Waals surface area (Å²) < 4.78 is 1.92. The molecule has 1 aromatic heterocycles. The highest BCUT2D eigenvalue weighted by molar-refractivity contribution is 5.78. The van der Waals surface area contributed by atoms with Crippen molar-refractivity contribution in [1.82, 2.24) is 9.55 Å². The Kier molecular flexibility index (Phi) is 3.18. The number of para-hydroxylation sites is 2. The minimum atomic E-state index is 0.262. The first-order valence-electron chi connectivity index (χ1n) is 5.96. The van der Waals surface area contributed by atoms with Crippen LogP contribution in [0.2, 0.25) is 0 Å². The lowest BCUT2D eigenvalue weighted by Gasteiger charge is -2.04. The maximum Gasteiger partial charge on any atom is 0.175 e. The van der Waals surface area contributed by atoms with E-state index in [-0.39, 0.29) is 5.76 Å². The van der Waals surface area contributed by atoms with Crippen molar-refractivity contribution in [3.05, 3.63) is 36.2 Å². The number of nitrogens with zero attached hydrogens (tertiary/aromatic N) is 2. The zero-order valence-corrected chi connectivity index (χ0v) is 10.5. The van der Waals surface area contributed by atoms with Crippen LogP contribution in [0.1, 0.15) is 26.1 Å². The van der Waals surface area contributed by atoms with Crippen LogP contribution < -0.4 is 0 Å². The third kappa shape index (κ3) is 2.18. The Bertz CT molecular complexity index is 554. The van der Waals surface area contributed by atoms with E-state index in [0.717, 1.165) is 17.5 Å². The van der Waals surface area contributed by atoms with Gasteiger partial charge in [-0.1, -0.05) is 26.0 Å². The molecule has 1 N–H and O–H groups in total. The summed E-state index contributed by atoms with van der Waals surface area (Å²) in [7, 11) is 1.92. The predicted octanol–water partition coefficient (Wildman–Crippen LogP) is 3.52. The van der Waals surface area contributed by atoms with Gasteiger partial charge in [-0.3, -0.25) is 0 Å². The van der Waals surface area contributed by atoms with Gasteiger partial charge in [0.2, 0.25) is 0 Å². The van der Waals surface area contributed by atoms with Crippen molar-refractivity contribution in [1.29, 1.82) is 0 Å². The lowest BCUT2D eigenvalue weighted by atomic mass is 10.1. The number of imidazole rings is 1. The van der Waals surface area contributed by atoms with E-state index in [1.165, 1.54) is 0 Å². The van der Waals surface area contributed by atoms with E-state index in [9.17, 15) is 5.11 Å².